The highest BCUT2D eigenvalue weighted by Crippen LogP contribution is 2.45. The van der Waals surface area contributed by atoms with Gasteiger partial charge in [0, 0.05) is 31.6 Å². The molecule has 2 aliphatic rings. The quantitative estimate of drug-likeness (QED) is 0.681. The van der Waals surface area contributed by atoms with E-state index in [0.717, 1.165) is 56.0 Å². The smallest absolute Gasteiger partial charge is 0.126 e. The zero-order valence-electron chi connectivity index (χ0n) is 20.2. The van der Waals surface area contributed by atoms with Crippen molar-refractivity contribution in [1.29, 1.82) is 5.26 Å². The first-order valence-corrected chi connectivity index (χ1v) is 11.9. The van der Waals surface area contributed by atoms with Crippen molar-refractivity contribution < 1.29 is 14.6 Å². The number of rotatable bonds is 4. The molecular formula is C27H38N2O3. The summed E-state index contributed by atoms with van der Waals surface area (Å²) in [5, 5.41) is 19.6. The van der Waals surface area contributed by atoms with E-state index in [-0.39, 0.29) is 5.60 Å². The molecule has 1 fully saturated rings. The second-order valence-electron chi connectivity index (χ2n) is 7.81. The standard InChI is InChI=1S/C23H26N2O3.2C2H6/c1-27-19-6-7-22-20(14-19)21(26)15-23(28-22)9-12-25(13-10-23)11-8-17-2-4-18(16-24)5-3-17;2*1-2/h2-7,14,21,26H,8-13,15H2,1H3;2*1-2H3/t21-;;/m0../s1. The molecule has 1 atom stereocenters. The molecule has 2 aromatic rings. The molecule has 174 valence electrons. The summed E-state index contributed by atoms with van der Waals surface area (Å²) in [5.41, 5.74) is 2.51. The molecule has 0 amide bonds. The van der Waals surface area contributed by atoms with Crippen LogP contribution in [0, 0.1) is 11.3 Å². The third-order valence-electron chi connectivity index (χ3n) is 6.03. The lowest BCUT2D eigenvalue weighted by molar-refractivity contribution is -0.0537. The number of nitrogens with zero attached hydrogens (tertiary/aromatic N) is 2. The average Bonchev–Trinajstić information content (AvgIpc) is 2.86. The van der Waals surface area contributed by atoms with Crippen LogP contribution in [0.15, 0.2) is 42.5 Å². The van der Waals surface area contributed by atoms with Gasteiger partial charge in [-0.25, -0.2) is 0 Å². The fourth-order valence-corrected chi connectivity index (χ4v) is 4.27. The van der Waals surface area contributed by atoms with Crippen LogP contribution in [-0.2, 0) is 6.42 Å². The lowest BCUT2D eigenvalue weighted by Gasteiger charge is -2.46. The number of hydrogen-bond donors (Lipinski definition) is 1. The summed E-state index contributed by atoms with van der Waals surface area (Å²) in [6.07, 6.45) is 2.94. The third kappa shape index (κ3) is 6.25. The van der Waals surface area contributed by atoms with Crippen molar-refractivity contribution in [2.45, 2.75) is 65.1 Å². The third-order valence-corrected chi connectivity index (χ3v) is 6.03. The molecule has 0 bridgehead atoms. The number of aliphatic hydroxyl groups is 1. The zero-order valence-corrected chi connectivity index (χ0v) is 20.2. The molecule has 5 nitrogen and oxygen atoms in total. The summed E-state index contributed by atoms with van der Waals surface area (Å²) in [7, 11) is 1.63. The van der Waals surface area contributed by atoms with E-state index in [9.17, 15) is 5.11 Å². The number of aliphatic hydroxyl groups excluding tert-OH is 1. The molecule has 1 spiro atoms. The van der Waals surface area contributed by atoms with E-state index in [1.165, 1.54) is 5.56 Å². The average molecular weight is 439 g/mol. The fraction of sp³-hybridized carbons (Fsp3) is 0.519. The Kier molecular flexibility index (Phi) is 10.0. The Balaban J connectivity index is 0.000000860. The predicted molar refractivity (Wildman–Crippen MR) is 129 cm³/mol. The summed E-state index contributed by atoms with van der Waals surface area (Å²) in [6, 6.07) is 15.7. The SMILES string of the molecule is CC.CC.COc1ccc2c(c1)[C@@H](O)CC1(CCN(CCc3ccc(C#N)cc3)CC1)O2. The van der Waals surface area contributed by atoms with Crippen LogP contribution in [0.5, 0.6) is 11.5 Å². The van der Waals surface area contributed by atoms with Crippen molar-refractivity contribution in [2.24, 2.45) is 0 Å². The van der Waals surface area contributed by atoms with Crippen molar-refractivity contribution in [3.05, 3.63) is 59.2 Å². The molecule has 1 saturated heterocycles. The highest BCUT2D eigenvalue weighted by molar-refractivity contribution is 5.43. The van der Waals surface area contributed by atoms with E-state index in [1.807, 2.05) is 70.2 Å². The van der Waals surface area contributed by atoms with Gasteiger partial charge in [-0.2, -0.15) is 5.26 Å². The van der Waals surface area contributed by atoms with Crippen LogP contribution in [0.3, 0.4) is 0 Å². The van der Waals surface area contributed by atoms with E-state index in [0.29, 0.717) is 12.0 Å². The largest absolute Gasteiger partial charge is 0.497 e. The lowest BCUT2D eigenvalue weighted by atomic mass is 9.81. The maximum atomic E-state index is 10.7. The second-order valence-corrected chi connectivity index (χ2v) is 7.81. The first-order valence-electron chi connectivity index (χ1n) is 11.9. The van der Waals surface area contributed by atoms with Crippen LogP contribution < -0.4 is 9.47 Å². The maximum Gasteiger partial charge on any atom is 0.126 e. The molecule has 5 heteroatoms. The van der Waals surface area contributed by atoms with Crippen molar-refractivity contribution in [1.82, 2.24) is 4.90 Å². The van der Waals surface area contributed by atoms with Crippen LogP contribution in [0.4, 0.5) is 0 Å². The number of nitriles is 1. The maximum absolute atomic E-state index is 10.7. The van der Waals surface area contributed by atoms with Crippen LogP contribution in [0.2, 0.25) is 0 Å². The van der Waals surface area contributed by atoms with Crippen molar-refractivity contribution in [2.75, 3.05) is 26.7 Å². The second kappa shape index (κ2) is 12.5. The van der Waals surface area contributed by atoms with Crippen LogP contribution >= 0.6 is 0 Å². The summed E-state index contributed by atoms with van der Waals surface area (Å²) in [5.74, 6) is 1.53. The minimum Gasteiger partial charge on any atom is -0.497 e. The molecule has 0 aliphatic carbocycles. The molecule has 0 radical (unpaired) electrons. The molecule has 1 N–H and O–H groups in total. The van der Waals surface area contributed by atoms with Crippen molar-refractivity contribution in [3.8, 4) is 17.6 Å². The van der Waals surface area contributed by atoms with Crippen LogP contribution in [0.25, 0.3) is 0 Å². The molecule has 0 aromatic heterocycles. The summed E-state index contributed by atoms with van der Waals surface area (Å²) in [4.78, 5) is 2.46. The van der Waals surface area contributed by atoms with Crippen molar-refractivity contribution in [3.63, 3.8) is 0 Å². The van der Waals surface area contributed by atoms with E-state index in [2.05, 4.69) is 11.0 Å². The van der Waals surface area contributed by atoms with Crippen LogP contribution in [-0.4, -0.2) is 42.4 Å². The molecule has 2 aliphatic heterocycles. The van der Waals surface area contributed by atoms with Gasteiger partial charge in [0.05, 0.1) is 24.8 Å². The van der Waals surface area contributed by atoms with E-state index >= 15 is 0 Å². The van der Waals surface area contributed by atoms with Gasteiger partial charge in [-0.3, -0.25) is 0 Å². The minimum absolute atomic E-state index is 0.272. The van der Waals surface area contributed by atoms with Gasteiger partial charge in [0.1, 0.15) is 17.1 Å². The molecule has 32 heavy (non-hydrogen) atoms. The Morgan fingerprint density at radius 3 is 2.34 bits per heavy atom. The Morgan fingerprint density at radius 2 is 1.75 bits per heavy atom. The molecule has 0 saturated carbocycles. The Morgan fingerprint density at radius 1 is 1.09 bits per heavy atom. The zero-order chi connectivity index (χ0) is 23.6. The number of fused-ring (bicyclic) bond motifs is 1. The monoisotopic (exact) mass is 438 g/mol. The van der Waals surface area contributed by atoms with Gasteiger partial charge in [-0.05, 0) is 55.2 Å². The summed E-state index contributed by atoms with van der Waals surface area (Å²) in [6.45, 7) is 10.9. The van der Waals surface area contributed by atoms with Gasteiger partial charge < -0.3 is 19.5 Å². The van der Waals surface area contributed by atoms with Gasteiger partial charge in [0.15, 0.2) is 0 Å². The van der Waals surface area contributed by atoms with E-state index in [1.54, 1.807) is 7.11 Å². The summed E-state index contributed by atoms with van der Waals surface area (Å²) < 4.78 is 11.7. The number of benzene rings is 2. The highest BCUT2D eigenvalue weighted by atomic mass is 16.5. The van der Waals surface area contributed by atoms with Gasteiger partial charge in [-0.1, -0.05) is 39.8 Å². The van der Waals surface area contributed by atoms with E-state index < -0.39 is 6.10 Å². The first-order chi connectivity index (χ1) is 15.6. The van der Waals surface area contributed by atoms with Crippen LogP contribution in [0.1, 0.15) is 69.8 Å². The first kappa shape index (κ1) is 25.7. The Hall–Kier alpha value is -2.55. The van der Waals surface area contributed by atoms with Gasteiger partial charge in [0.2, 0.25) is 0 Å². The molecule has 4 rings (SSSR count). The van der Waals surface area contributed by atoms with Gasteiger partial charge in [-0.15, -0.1) is 0 Å². The normalized spacial score (nSPS) is 18.6. The van der Waals surface area contributed by atoms with E-state index in [4.69, 9.17) is 14.7 Å². The highest BCUT2D eigenvalue weighted by Gasteiger charge is 2.42. The Labute approximate surface area is 193 Å². The number of ether oxygens (including phenoxy) is 2. The minimum atomic E-state index is -0.510. The molecule has 2 aromatic carbocycles. The number of piperidine rings is 1. The number of likely N-dealkylation sites (tertiary alicyclic amines) is 1. The number of hydrogen-bond acceptors (Lipinski definition) is 5. The predicted octanol–water partition coefficient (Wildman–Crippen LogP) is 5.51. The Bertz CT molecular complexity index is 865. The molecule has 2 heterocycles. The van der Waals surface area contributed by atoms with Crippen molar-refractivity contribution >= 4 is 0 Å². The molecular weight excluding hydrogens is 400 g/mol. The fourth-order valence-electron chi connectivity index (χ4n) is 4.27. The molecule has 0 unspecified atom stereocenters. The lowest BCUT2D eigenvalue weighted by Crippen LogP contribution is -2.50. The van der Waals surface area contributed by atoms with Gasteiger partial charge in [0.25, 0.3) is 0 Å². The summed E-state index contributed by atoms with van der Waals surface area (Å²) >= 11 is 0. The number of methoxy groups -OCH3 is 1. The topological polar surface area (TPSA) is 65.7 Å². The van der Waals surface area contributed by atoms with Gasteiger partial charge >= 0.3 is 0 Å².